The second kappa shape index (κ2) is 4.29. The molecular formula is C9H11ClN2O3S. The summed E-state index contributed by atoms with van der Waals surface area (Å²) in [6, 6.07) is 2.78. The number of rotatable bonds is 3. The van der Waals surface area contributed by atoms with E-state index in [2.05, 4.69) is 4.98 Å². The summed E-state index contributed by atoms with van der Waals surface area (Å²) >= 11 is 5.62. The van der Waals surface area contributed by atoms with E-state index < -0.39 is 10.1 Å². The Bertz CT molecular complexity index is 468. The molecule has 0 atom stereocenters. The Hall–Kier alpha value is -0.690. The molecule has 0 spiro atoms. The molecule has 1 aliphatic rings. The minimum Gasteiger partial charge on any atom is -0.241 e. The van der Waals surface area contributed by atoms with E-state index in [-0.39, 0.29) is 5.03 Å². The number of pyridine rings is 1. The van der Waals surface area contributed by atoms with E-state index in [4.69, 9.17) is 15.9 Å². The van der Waals surface area contributed by atoms with Gasteiger partial charge in [-0.15, -0.1) is 0 Å². The fraction of sp³-hybridized carbons (Fsp3) is 0.444. The largest absolute Gasteiger partial charge is 0.330 e. The van der Waals surface area contributed by atoms with Crippen LogP contribution in [0.4, 0.5) is 0 Å². The lowest BCUT2D eigenvalue weighted by Gasteiger charge is -2.34. The zero-order valence-electron chi connectivity index (χ0n) is 8.63. The van der Waals surface area contributed by atoms with Gasteiger partial charge in [-0.2, -0.15) is 17.8 Å². The van der Waals surface area contributed by atoms with Gasteiger partial charge in [0.05, 0.1) is 5.02 Å². The van der Waals surface area contributed by atoms with Crippen LogP contribution in [-0.4, -0.2) is 31.6 Å². The third-order valence-corrected chi connectivity index (χ3v) is 3.57. The molecule has 0 N–H and O–H groups in total. The Morgan fingerprint density at radius 1 is 1.50 bits per heavy atom. The van der Waals surface area contributed by atoms with Crippen LogP contribution in [0.1, 0.15) is 6.92 Å². The molecule has 88 valence electrons. The summed E-state index contributed by atoms with van der Waals surface area (Å²) in [6.45, 7) is 3.26. The van der Waals surface area contributed by atoms with Gasteiger partial charge in [-0.05, 0) is 18.1 Å². The van der Waals surface area contributed by atoms with Crippen LogP contribution in [0.5, 0.6) is 0 Å². The Morgan fingerprint density at radius 2 is 2.19 bits per heavy atom. The van der Waals surface area contributed by atoms with Crippen LogP contribution in [-0.2, 0) is 14.4 Å². The molecule has 1 saturated heterocycles. The Balaban J connectivity index is 2.10. The van der Waals surface area contributed by atoms with Gasteiger partial charge < -0.3 is 0 Å². The highest BCUT2D eigenvalue weighted by Gasteiger charge is 2.29. The smallest absolute Gasteiger partial charge is 0.241 e. The first kappa shape index (κ1) is 11.8. The number of halogens is 1. The van der Waals surface area contributed by atoms with Crippen molar-refractivity contribution >= 4 is 21.7 Å². The van der Waals surface area contributed by atoms with Gasteiger partial charge in [0.15, 0.2) is 5.03 Å². The van der Waals surface area contributed by atoms with E-state index in [1.165, 1.54) is 23.4 Å². The zero-order chi connectivity index (χ0) is 11.8. The Kier molecular flexibility index (Phi) is 3.16. The standard InChI is InChI=1S/C9H11ClN2O3S/c1-7-5-12(6-7)15-16(13,14)9-3-2-8(10)4-11-9/h2-4,7H,5-6H2,1H3. The highest BCUT2D eigenvalue weighted by molar-refractivity contribution is 7.86. The lowest BCUT2D eigenvalue weighted by atomic mass is 10.1. The topological polar surface area (TPSA) is 59.5 Å². The minimum atomic E-state index is -3.80. The summed E-state index contributed by atoms with van der Waals surface area (Å²) in [5.74, 6) is 0.466. The third kappa shape index (κ3) is 2.52. The maximum atomic E-state index is 11.7. The monoisotopic (exact) mass is 262 g/mol. The van der Waals surface area contributed by atoms with Crippen molar-refractivity contribution in [1.29, 1.82) is 0 Å². The number of aromatic nitrogens is 1. The molecule has 0 radical (unpaired) electrons. The van der Waals surface area contributed by atoms with E-state index in [1.807, 2.05) is 6.92 Å². The SMILES string of the molecule is CC1CN(OS(=O)(=O)c2ccc(Cl)cn2)C1. The minimum absolute atomic E-state index is 0.128. The van der Waals surface area contributed by atoms with E-state index >= 15 is 0 Å². The molecule has 0 unspecified atom stereocenters. The van der Waals surface area contributed by atoms with Crippen molar-refractivity contribution < 1.29 is 12.7 Å². The summed E-state index contributed by atoms with van der Waals surface area (Å²) in [5.41, 5.74) is 0. The average molecular weight is 263 g/mol. The molecular weight excluding hydrogens is 252 g/mol. The first-order valence-corrected chi connectivity index (χ1v) is 6.57. The van der Waals surface area contributed by atoms with Gasteiger partial charge in [0, 0.05) is 19.3 Å². The quantitative estimate of drug-likeness (QED) is 0.822. The normalized spacial score (nSPS) is 18.4. The van der Waals surface area contributed by atoms with Crippen LogP contribution in [0.3, 0.4) is 0 Å². The lowest BCUT2D eigenvalue weighted by molar-refractivity contribution is -0.130. The summed E-state index contributed by atoms with van der Waals surface area (Å²) in [7, 11) is -3.80. The molecule has 1 aromatic heterocycles. The molecule has 2 heterocycles. The maximum absolute atomic E-state index is 11.7. The van der Waals surface area contributed by atoms with Gasteiger partial charge in [0.2, 0.25) is 0 Å². The molecule has 7 heteroatoms. The average Bonchev–Trinajstić information content (AvgIpc) is 2.15. The molecule has 0 amide bonds. The highest BCUT2D eigenvalue weighted by atomic mass is 35.5. The van der Waals surface area contributed by atoms with Gasteiger partial charge in [0.1, 0.15) is 0 Å². The molecule has 0 aliphatic carbocycles. The summed E-state index contributed by atoms with van der Waals surface area (Å²) < 4.78 is 28.2. The van der Waals surface area contributed by atoms with Gasteiger partial charge in [-0.1, -0.05) is 18.5 Å². The first-order valence-electron chi connectivity index (χ1n) is 4.78. The first-order chi connectivity index (χ1) is 7.47. The van der Waals surface area contributed by atoms with Gasteiger partial charge >= 0.3 is 10.1 Å². The molecule has 1 aliphatic heterocycles. The van der Waals surface area contributed by atoms with Crippen LogP contribution in [0.15, 0.2) is 23.4 Å². The van der Waals surface area contributed by atoms with E-state index in [0.29, 0.717) is 24.0 Å². The third-order valence-electron chi connectivity index (χ3n) is 2.19. The second-order valence-corrected chi connectivity index (χ2v) is 5.71. The fourth-order valence-electron chi connectivity index (χ4n) is 1.39. The van der Waals surface area contributed by atoms with Crippen LogP contribution in [0.25, 0.3) is 0 Å². The van der Waals surface area contributed by atoms with Crippen molar-refractivity contribution in [2.75, 3.05) is 13.1 Å². The van der Waals surface area contributed by atoms with Gasteiger partial charge in [0.25, 0.3) is 0 Å². The zero-order valence-corrected chi connectivity index (χ0v) is 10.2. The molecule has 1 fully saturated rings. The van der Waals surface area contributed by atoms with Gasteiger partial charge in [-0.25, -0.2) is 4.98 Å². The van der Waals surface area contributed by atoms with Crippen molar-refractivity contribution in [2.24, 2.45) is 5.92 Å². The molecule has 0 bridgehead atoms. The Morgan fingerprint density at radius 3 is 2.69 bits per heavy atom. The fourth-order valence-corrected chi connectivity index (χ4v) is 2.39. The number of hydrogen-bond acceptors (Lipinski definition) is 5. The van der Waals surface area contributed by atoms with E-state index in [0.717, 1.165) is 0 Å². The predicted octanol–water partition coefficient (Wildman–Crippen LogP) is 1.31. The van der Waals surface area contributed by atoms with E-state index in [9.17, 15) is 8.42 Å². The van der Waals surface area contributed by atoms with Crippen LogP contribution in [0.2, 0.25) is 5.02 Å². The summed E-state index contributed by atoms with van der Waals surface area (Å²) in [5, 5.41) is 1.66. The van der Waals surface area contributed by atoms with Crippen molar-refractivity contribution in [3.63, 3.8) is 0 Å². The molecule has 16 heavy (non-hydrogen) atoms. The maximum Gasteiger partial charge on any atom is 0.330 e. The molecule has 2 rings (SSSR count). The van der Waals surface area contributed by atoms with Crippen molar-refractivity contribution in [2.45, 2.75) is 11.9 Å². The molecule has 0 saturated carbocycles. The van der Waals surface area contributed by atoms with Crippen molar-refractivity contribution in [3.8, 4) is 0 Å². The Labute approximate surface area is 99.1 Å². The van der Waals surface area contributed by atoms with Crippen LogP contribution in [0, 0.1) is 5.92 Å². The van der Waals surface area contributed by atoms with Crippen LogP contribution >= 0.6 is 11.6 Å². The highest BCUT2D eigenvalue weighted by Crippen LogP contribution is 2.20. The number of nitrogens with zero attached hydrogens (tertiary/aromatic N) is 2. The van der Waals surface area contributed by atoms with Gasteiger partial charge in [-0.3, -0.25) is 0 Å². The lowest BCUT2D eigenvalue weighted by Crippen LogP contribution is -2.45. The molecule has 1 aromatic rings. The van der Waals surface area contributed by atoms with E-state index in [1.54, 1.807) is 0 Å². The van der Waals surface area contributed by atoms with Crippen molar-refractivity contribution in [3.05, 3.63) is 23.4 Å². The predicted molar refractivity (Wildman–Crippen MR) is 58.3 cm³/mol. The number of hydrogen-bond donors (Lipinski definition) is 0. The second-order valence-electron chi connectivity index (χ2n) is 3.80. The summed E-state index contributed by atoms with van der Waals surface area (Å²) in [4.78, 5) is 3.71. The number of hydroxylamine groups is 2. The molecule has 0 aromatic carbocycles. The van der Waals surface area contributed by atoms with Crippen molar-refractivity contribution in [1.82, 2.24) is 10.0 Å². The van der Waals surface area contributed by atoms with Crippen LogP contribution < -0.4 is 0 Å². The molecule has 5 nitrogen and oxygen atoms in total. The summed E-state index contributed by atoms with van der Waals surface area (Å²) in [6.07, 6.45) is 1.27.